The number of aromatic nitrogens is 2. The van der Waals surface area contributed by atoms with E-state index in [-0.39, 0.29) is 12.5 Å². The predicted molar refractivity (Wildman–Crippen MR) is 140 cm³/mol. The highest BCUT2D eigenvalue weighted by Gasteiger charge is 2.36. The van der Waals surface area contributed by atoms with Crippen LogP contribution in [0.15, 0.2) is 66.9 Å². The summed E-state index contributed by atoms with van der Waals surface area (Å²) >= 11 is 7.58. The topological polar surface area (TPSA) is 84.3 Å². The summed E-state index contributed by atoms with van der Waals surface area (Å²) in [5.41, 5.74) is 3.41. The normalized spacial score (nSPS) is 13.6. The van der Waals surface area contributed by atoms with Crippen molar-refractivity contribution in [2.24, 2.45) is 7.05 Å². The summed E-state index contributed by atoms with van der Waals surface area (Å²) < 4.78 is 15.4. The molecule has 10 heteroatoms. The second-order valence-corrected chi connectivity index (χ2v) is 10.4. The van der Waals surface area contributed by atoms with Crippen LogP contribution in [-0.4, -0.2) is 45.0 Å². The number of hydrogen-bond donors (Lipinski definition) is 1. The lowest BCUT2D eigenvalue weighted by molar-refractivity contribution is 0.0629. The van der Waals surface area contributed by atoms with Gasteiger partial charge in [0, 0.05) is 25.4 Å². The van der Waals surface area contributed by atoms with Gasteiger partial charge in [-0.05, 0) is 41.8 Å². The van der Waals surface area contributed by atoms with Crippen molar-refractivity contribution in [2.75, 3.05) is 6.54 Å². The first-order valence-electron chi connectivity index (χ1n) is 11.5. The number of amides is 3. The molecule has 1 aliphatic heterocycles. The molecule has 0 radical (unpaired) electrons. The number of nitrogens with one attached hydrogen (secondary N) is 1. The van der Waals surface area contributed by atoms with Crippen LogP contribution in [0.1, 0.15) is 41.5 Å². The molecule has 37 heavy (non-hydrogen) atoms. The first kappa shape index (κ1) is 24.9. The Labute approximate surface area is 221 Å². The molecule has 0 aliphatic carbocycles. The number of nitrogens with zero attached hydrogens (tertiary/aromatic N) is 3. The molecule has 0 bridgehead atoms. The Morgan fingerprint density at radius 3 is 2.38 bits per heavy atom. The highest BCUT2D eigenvalue weighted by atomic mass is 35.5. The Morgan fingerprint density at radius 1 is 1.03 bits per heavy atom. The van der Waals surface area contributed by atoms with E-state index < -0.39 is 24.5 Å². The molecule has 0 unspecified atom stereocenters. The SMILES string of the molecule is Cn1nccc1-c1cc(C(=O)N[C@@H](Cc2cccc(CF)c2)CN2C(=O)c3ccccc3C2=O)sc1Cl. The van der Waals surface area contributed by atoms with Crippen LogP contribution in [0, 0.1) is 0 Å². The Bertz CT molecular complexity index is 1480. The maximum absolute atomic E-state index is 13.3. The molecule has 2 aromatic carbocycles. The van der Waals surface area contributed by atoms with Gasteiger partial charge in [-0.2, -0.15) is 5.10 Å². The molecule has 1 aliphatic rings. The van der Waals surface area contributed by atoms with Crippen molar-refractivity contribution in [2.45, 2.75) is 19.1 Å². The van der Waals surface area contributed by atoms with Gasteiger partial charge in [0.15, 0.2) is 0 Å². The van der Waals surface area contributed by atoms with Gasteiger partial charge in [-0.15, -0.1) is 11.3 Å². The molecule has 4 aromatic rings. The molecular formula is C27H22ClFN4O3S. The smallest absolute Gasteiger partial charge is 0.261 e. The standard InChI is InChI=1S/C27H22ClFN4O3S/c1-32-22(9-10-30-32)21-13-23(37-24(21)28)25(34)31-18(12-16-5-4-6-17(11-16)14-29)15-33-26(35)19-7-2-3-8-20(19)27(33)36/h2-11,13,18H,12,14-15H2,1H3,(H,31,34)/t18-/m0/s1. The van der Waals surface area contributed by atoms with Gasteiger partial charge in [-0.25, -0.2) is 4.39 Å². The van der Waals surface area contributed by atoms with Gasteiger partial charge in [0.05, 0.1) is 27.7 Å². The molecule has 3 heterocycles. The van der Waals surface area contributed by atoms with E-state index in [2.05, 4.69) is 10.4 Å². The minimum Gasteiger partial charge on any atom is -0.346 e. The third kappa shape index (κ3) is 4.92. The summed E-state index contributed by atoms with van der Waals surface area (Å²) in [6, 6.07) is 16.5. The van der Waals surface area contributed by atoms with E-state index in [1.807, 2.05) is 6.07 Å². The van der Waals surface area contributed by atoms with E-state index in [0.717, 1.165) is 27.5 Å². The average molecular weight is 537 g/mol. The number of imide groups is 1. The Hall–Kier alpha value is -3.82. The van der Waals surface area contributed by atoms with Crippen LogP contribution in [0.25, 0.3) is 11.3 Å². The van der Waals surface area contributed by atoms with Crippen molar-refractivity contribution in [1.29, 1.82) is 0 Å². The van der Waals surface area contributed by atoms with Crippen LogP contribution in [0.2, 0.25) is 4.34 Å². The fourth-order valence-electron chi connectivity index (χ4n) is 4.46. The number of carbonyl (C=O) groups excluding carboxylic acids is 3. The zero-order chi connectivity index (χ0) is 26.1. The van der Waals surface area contributed by atoms with E-state index in [4.69, 9.17) is 11.6 Å². The minimum atomic E-state index is -0.620. The van der Waals surface area contributed by atoms with Crippen LogP contribution < -0.4 is 5.32 Å². The number of carbonyl (C=O) groups is 3. The van der Waals surface area contributed by atoms with Crippen molar-refractivity contribution in [3.8, 4) is 11.3 Å². The second-order valence-electron chi connectivity index (χ2n) is 8.73. The minimum absolute atomic E-state index is 0.0361. The predicted octanol–water partition coefficient (Wildman–Crippen LogP) is 4.91. The fourth-order valence-corrected chi connectivity index (χ4v) is 5.66. The van der Waals surface area contributed by atoms with Crippen molar-refractivity contribution in [3.63, 3.8) is 0 Å². The van der Waals surface area contributed by atoms with Crippen LogP contribution in [0.4, 0.5) is 4.39 Å². The molecule has 1 atom stereocenters. The average Bonchev–Trinajstić information content (AvgIpc) is 3.56. The quantitative estimate of drug-likeness (QED) is 0.324. The number of aryl methyl sites for hydroxylation is 1. The maximum Gasteiger partial charge on any atom is 0.261 e. The number of rotatable bonds is 8. The summed E-state index contributed by atoms with van der Waals surface area (Å²) in [5, 5.41) is 7.12. The molecule has 5 rings (SSSR count). The summed E-state index contributed by atoms with van der Waals surface area (Å²) in [6.45, 7) is -0.653. The highest BCUT2D eigenvalue weighted by molar-refractivity contribution is 7.18. The Kier molecular flexibility index (Phi) is 6.90. The highest BCUT2D eigenvalue weighted by Crippen LogP contribution is 2.35. The molecule has 3 amide bonds. The van der Waals surface area contributed by atoms with Gasteiger partial charge < -0.3 is 5.32 Å². The van der Waals surface area contributed by atoms with Gasteiger partial charge in [0.2, 0.25) is 0 Å². The van der Waals surface area contributed by atoms with E-state index in [9.17, 15) is 18.8 Å². The van der Waals surface area contributed by atoms with Gasteiger partial charge in [0.1, 0.15) is 11.0 Å². The molecular weight excluding hydrogens is 515 g/mol. The molecule has 2 aromatic heterocycles. The summed E-state index contributed by atoms with van der Waals surface area (Å²) in [7, 11) is 1.78. The number of benzene rings is 2. The first-order valence-corrected chi connectivity index (χ1v) is 12.7. The lowest BCUT2D eigenvalue weighted by Crippen LogP contribution is -2.46. The van der Waals surface area contributed by atoms with Crippen molar-refractivity contribution < 1.29 is 18.8 Å². The van der Waals surface area contributed by atoms with Gasteiger partial charge in [-0.1, -0.05) is 48.0 Å². The van der Waals surface area contributed by atoms with Crippen LogP contribution in [-0.2, 0) is 20.1 Å². The second kappa shape index (κ2) is 10.3. The van der Waals surface area contributed by atoms with Crippen LogP contribution in [0.5, 0.6) is 0 Å². The van der Waals surface area contributed by atoms with E-state index in [1.54, 1.807) is 72.5 Å². The van der Waals surface area contributed by atoms with Gasteiger partial charge in [0.25, 0.3) is 17.7 Å². The van der Waals surface area contributed by atoms with E-state index in [1.165, 1.54) is 0 Å². The van der Waals surface area contributed by atoms with Crippen LogP contribution >= 0.6 is 22.9 Å². The van der Waals surface area contributed by atoms with Gasteiger partial charge in [-0.3, -0.25) is 24.0 Å². The number of hydrogen-bond acceptors (Lipinski definition) is 5. The number of halogens is 2. The number of fused-ring (bicyclic) bond motifs is 1. The van der Waals surface area contributed by atoms with Gasteiger partial charge >= 0.3 is 0 Å². The lowest BCUT2D eigenvalue weighted by atomic mass is 10.0. The van der Waals surface area contributed by atoms with E-state index >= 15 is 0 Å². The maximum atomic E-state index is 13.3. The number of thiophene rings is 1. The fraction of sp³-hybridized carbons (Fsp3) is 0.185. The third-order valence-corrected chi connectivity index (χ3v) is 7.61. The Morgan fingerprint density at radius 2 is 1.73 bits per heavy atom. The molecule has 0 fully saturated rings. The van der Waals surface area contributed by atoms with Crippen LogP contribution in [0.3, 0.4) is 0 Å². The summed E-state index contributed by atoms with van der Waals surface area (Å²) in [4.78, 5) is 40.8. The summed E-state index contributed by atoms with van der Waals surface area (Å²) in [6.07, 6.45) is 1.94. The monoisotopic (exact) mass is 536 g/mol. The lowest BCUT2D eigenvalue weighted by Gasteiger charge is -2.24. The Balaban J connectivity index is 1.41. The van der Waals surface area contributed by atoms with Crippen molar-refractivity contribution >= 4 is 40.7 Å². The molecule has 0 saturated heterocycles. The molecule has 1 N–H and O–H groups in total. The number of alkyl halides is 1. The van der Waals surface area contributed by atoms with Crippen molar-refractivity contribution in [3.05, 3.63) is 98.3 Å². The first-order chi connectivity index (χ1) is 17.9. The molecule has 188 valence electrons. The summed E-state index contributed by atoms with van der Waals surface area (Å²) in [5.74, 6) is -1.20. The third-order valence-electron chi connectivity index (χ3n) is 6.25. The zero-order valence-electron chi connectivity index (χ0n) is 19.8. The largest absolute Gasteiger partial charge is 0.346 e. The van der Waals surface area contributed by atoms with E-state index in [0.29, 0.717) is 37.9 Å². The molecule has 0 spiro atoms. The molecule has 7 nitrogen and oxygen atoms in total. The molecule has 0 saturated carbocycles. The van der Waals surface area contributed by atoms with Crippen molar-refractivity contribution in [1.82, 2.24) is 20.0 Å². The zero-order valence-corrected chi connectivity index (χ0v) is 21.4.